The molecule has 0 saturated heterocycles. The second kappa shape index (κ2) is 4.97. The Morgan fingerprint density at radius 1 is 1.46 bits per heavy atom. The summed E-state index contributed by atoms with van der Waals surface area (Å²) in [6.45, 7) is -1.47. The van der Waals surface area contributed by atoms with Crippen LogP contribution in [-0.4, -0.2) is 16.8 Å². The summed E-state index contributed by atoms with van der Waals surface area (Å²) in [5, 5.41) is 3.71. The number of hydrogen-bond acceptors (Lipinski definition) is 1. The third kappa shape index (κ3) is 3.39. The van der Waals surface area contributed by atoms with Crippen molar-refractivity contribution in [2.75, 3.05) is 0 Å². The fourth-order valence-electron chi connectivity index (χ4n) is 1.08. The van der Waals surface area contributed by atoms with Crippen LogP contribution in [0.3, 0.4) is 0 Å². The number of rotatable bonds is 2. The van der Waals surface area contributed by atoms with E-state index in [-0.39, 0.29) is 57.9 Å². The zero-order chi connectivity index (χ0) is 9.35. The van der Waals surface area contributed by atoms with Crippen LogP contribution >= 0.6 is 0 Å². The molecule has 0 unspecified atom stereocenters. The molecule has 0 saturated carbocycles. The predicted octanol–water partition coefficient (Wildman–Crippen LogP) is -1.73. The number of hydrogen-bond donors (Lipinski definition) is 0. The van der Waals surface area contributed by atoms with E-state index in [0.717, 1.165) is 10.7 Å². The van der Waals surface area contributed by atoms with Crippen molar-refractivity contribution in [2.24, 2.45) is 0 Å². The molecule has 1 heterocycles. The zero-order valence-electron chi connectivity index (χ0n) is 7.89. The van der Waals surface area contributed by atoms with Crippen LogP contribution in [0.25, 0.3) is 0 Å². The van der Waals surface area contributed by atoms with Gasteiger partial charge in [-0.15, -0.1) is 0 Å². The summed E-state index contributed by atoms with van der Waals surface area (Å²) in [4.78, 5) is 0. The van der Waals surface area contributed by atoms with Crippen LogP contribution in [0.2, 0.25) is 0 Å². The summed E-state index contributed by atoms with van der Waals surface area (Å²) in [5.41, 5.74) is -0.207. The summed E-state index contributed by atoms with van der Waals surface area (Å²) in [7, 11) is 0. The average molecular weight is 216 g/mol. The van der Waals surface area contributed by atoms with Crippen molar-refractivity contribution < 1.29 is 64.3 Å². The minimum Gasteiger partial charge on any atom is -0.444 e. The summed E-state index contributed by atoms with van der Waals surface area (Å²) >= 11 is 0. The van der Waals surface area contributed by atoms with Gasteiger partial charge in [0.15, 0.2) is 0 Å². The molecule has 0 atom stereocenters. The summed E-state index contributed by atoms with van der Waals surface area (Å²) in [6, 6.07) is 1.07. The van der Waals surface area contributed by atoms with Gasteiger partial charge in [-0.3, -0.25) is 4.68 Å². The largest absolute Gasteiger partial charge is 1.00 e. The van der Waals surface area contributed by atoms with Crippen LogP contribution in [-0.2, 0) is 6.54 Å². The van der Waals surface area contributed by atoms with E-state index in [9.17, 15) is 12.9 Å². The Kier molecular flexibility index (Phi) is 5.24. The number of aryl methyl sites for hydroxylation is 2. The Morgan fingerprint density at radius 3 is 2.31 bits per heavy atom. The normalized spacial score (nSPS) is 11.2. The van der Waals surface area contributed by atoms with Gasteiger partial charge in [-0.05, 0) is 25.5 Å². The summed E-state index contributed by atoms with van der Waals surface area (Å²) in [6.07, 6.45) is 0. The molecule has 0 aliphatic heterocycles. The second-order valence-corrected chi connectivity index (χ2v) is 2.60. The van der Waals surface area contributed by atoms with Gasteiger partial charge in [0.1, 0.15) is 0 Å². The molecule has 0 amide bonds. The van der Waals surface area contributed by atoms with E-state index in [1.807, 2.05) is 0 Å². The average Bonchev–Trinajstić information content (AvgIpc) is 2.29. The van der Waals surface area contributed by atoms with Gasteiger partial charge in [0.05, 0.1) is 5.69 Å². The Balaban J connectivity index is 0.00000144. The van der Waals surface area contributed by atoms with Crippen molar-refractivity contribution in [3.05, 3.63) is 11.8 Å². The maximum absolute atomic E-state index is 12.3. The molecule has 0 spiro atoms. The first-order valence-electron chi connectivity index (χ1n) is 3.69. The molecule has 0 fully saturated rings. The van der Waals surface area contributed by atoms with Crippen LogP contribution in [0, 0.1) is 6.92 Å². The van der Waals surface area contributed by atoms with Crippen molar-refractivity contribution in [1.82, 2.24) is 9.78 Å². The van der Waals surface area contributed by atoms with Crippen molar-refractivity contribution >= 4 is 12.6 Å². The topological polar surface area (TPSA) is 17.8 Å². The zero-order valence-corrected chi connectivity index (χ0v) is 11.0. The van der Waals surface area contributed by atoms with Gasteiger partial charge >= 0.3 is 58.4 Å². The maximum Gasteiger partial charge on any atom is 1.00 e. The number of halogens is 3. The molecule has 68 valence electrons. The molecule has 0 aliphatic rings. The van der Waals surface area contributed by atoms with Gasteiger partial charge in [0.2, 0.25) is 0 Å². The van der Waals surface area contributed by atoms with E-state index in [4.69, 9.17) is 0 Å². The third-order valence-electron chi connectivity index (χ3n) is 1.57. The van der Waals surface area contributed by atoms with Gasteiger partial charge in [-0.2, -0.15) is 5.10 Å². The molecule has 2 nitrogen and oxygen atoms in total. The van der Waals surface area contributed by atoms with Crippen LogP contribution in [0.15, 0.2) is 6.07 Å². The molecule has 1 aromatic rings. The molecule has 0 aromatic carbocycles. The standard InChI is InChI=1S/C6H9BF3N2.K/c1-3-12-6(7(8,9)10)4-5(2)11-12;/h4H,3H2,1-2H3;/q-1;+1. The minimum atomic E-state index is -4.92. The summed E-state index contributed by atoms with van der Waals surface area (Å²) in [5.74, 6) is 0. The van der Waals surface area contributed by atoms with Crippen molar-refractivity contribution in [3.63, 3.8) is 0 Å². The van der Waals surface area contributed by atoms with Gasteiger partial charge in [0.25, 0.3) is 0 Å². The van der Waals surface area contributed by atoms with Crippen LogP contribution in [0.1, 0.15) is 12.6 Å². The Hall–Kier alpha value is 0.701. The molecule has 0 N–H and O–H groups in total. The molecule has 13 heavy (non-hydrogen) atoms. The Labute approximate surface area is 117 Å². The van der Waals surface area contributed by atoms with E-state index in [2.05, 4.69) is 5.10 Å². The third-order valence-corrected chi connectivity index (χ3v) is 1.57. The first-order valence-corrected chi connectivity index (χ1v) is 3.69. The van der Waals surface area contributed by atoms with Crippen molar-refractivity contribution in [2.45, 2.75) is 20.4 Å². The molecule has 1 rings (SSSR count). The van der Waals surface area contributed by atoms with Crippen LogP contribution < -0.4 is 57.0 Å². The van der Waals surface area contributed by atoms with Gasteiger partial charge in [0, 0.05) is 6.54 Å². The molecular weight excluding hydrogens is 207 g/mol. The van der Waals surface area contributed by atoms with E-state index in [1.165, 1.54) is 0 Å². The van der Waals surface area contributed by atoms with Gasteiger partial charge in [-0.25, -0.2) is 0 Å². The van der Waals surface area contributed by atoms with Crippen LogP contribution in [0.5, 0.6) is 0 Å². The SMILES string of the molecule is CCn1nc(C)cc1[B-](F)(F)F.[K+]. The summed E-state index contributed by atoms with van der Waals surface area (Å²) < 4.78 is 37.7. The molecule has 0 bridgehead atoms. The van der Waals surface area contributed by atoms with E-state index < -0.39 is 12.6 Å². The first-order chi connectivity index (χ1) is 5.45. The second-order valence-electron chi connectivity index (χ2n) is 2.60. The van der Waals surface area contributed by atoms with Crippen LogP contribution in [0.4, 0.5) is 12.9 Å². The quantitative estimate of drug-likeness (QED) is 0.537. The molecule has 1 aromatic heterocycles. The smallest absolute Gasteiger partial charge is 0.444 e. The Bertz CT molecular complexity index is 284. The minimum absolute atomic E-state index is 0. The molecule has 0 radical (unpaired) electrons. The number of aromatic nitrogens is 2. The fraction of sp³-hybridized carbons (Fsp3) is 0.500. The van der Waals surface area contributed by atoms with Gasteiger partial charge < -0.3 is 12.9 Å². The van der Waals surface area contributed by atoms with E-state index in [1.54, 1.807) is 13.8 Å². The molecular formula is C6H9BF3KN2. The predicted molar refractivity (Wildman–Crippen MR) is 41.4 cm³/mol. The fourth-order valence-corrected chi connectivity index (χ4v) is 1.08. The first kappa shape index (κ1) is 13.7. The van der Waals surface area contributed by atoms with Crippen molar-refractivity contribution in [1.29, 1.82) is 0 Å². The number of nitrogens with zero attached hydrogens (tertiary/aromatic N) is 2. The monoisotopic (exact) mass is 216 g/mol. The van der Waals surface area contributed by atoms with Crippen molar-refractivity contribution in [3.8, 4) is 0 Å². The Morgan fingerprint density at radius 2 is 2.00 bits per heavy atom. The van der Waals surface area contributed by atoms with E-state index >= 15 is 0 Å². The maximum atomic E-state index is 12.3. The molecule has 7 heteroatoms. The van der Waals surface area contributed by atoms with Gasteiger partial charge in [-0.1, -0.05) is 0 Å². The molecule has 0 aliphatic carbocycles. The van der Waals surface area contributed by atoms with E-state index in [0.29, 0.717) is 5.69 Å².